The van der Waals surface area contributed by atoms with Crippen LogP contribution in [0.25, 0.3) is 6.08 Å². The Kier molecular flexibility index (Phi) is 5.84. The van der Waals surface area contributed by atoms with Crippen LogP contribution in [0.1, 0.15) is 11.1 Å². The third-order valence-electron chi connectivity index (χ3n) is 3.42. The van der Waals surface area contributed by atoms with E-state index < -0.39 is 0 Å². The van der Waals surface area contributed by atoms with E-state index in [4.69, 9.17) is 14.2 Å². The molecule has 0 aliphatic rings. The lowest BCUT2D eigenvalue weighted by atomic mass is 10.1. The largest absolute Gasteiger partial charge is 0.497 e. The standard InChI is InChI=1S/C19H21NO4/c1-13-5-7-18(24-4)14(9-13)6-8-19(21)20-15-10-16(22-2)12-17(11-15)23-3/h5-12H,1-4H3,(H,20,21)/b8-6+. The van der Waals surface area contributed by atoms with Crippen LogP contribution >= 0.6 is 0 Å². The Morgan fingerprint density at radius 2 is 1.62 bits per heavy atom. The maximum Gasteiger partial charge on any atom is 0.248 e. The summed E-state index contributed by atoms with van der Waals surface area (Å²) in [5.41, 5.74) is 2.53. The molecule has 0 bridgehead atoms. The first kappa shape index (κ1) is 17.4. The van der Waals surface area contributed by atoms with E-state index in [1.807, 2.05) is 25.1 Å². The SMILES string of the molecule is COc1cc(NC(=O)/C=C/c2cc(C)ccc2OC)cc(OC)c1. The highest BCUT2D eigenvalue weighted by molar-refractivity contribution is 6.02. The van der Waals surface area contributed by atoms with Crippen LogP contribution in [0, 0.1) is 6.92 Å². The second-order valence-electron chi connectivity index (χ2n) is 5.17. The first-order valence-electron chi connectivity index (χ1n) is 7.42. The number of aryl methyl sites for hydroxylation is 1. The number of methoxy groups -OCH3 is 3. The van der Waals surface area contributed by atoms with Crippen molar-refractivity contribution in [3.63, 3.8) is 0 Å². The van der Waals surface area contributed by atoms with Gasteiger partial charge in [0.2, 0.25) is 5.91 Å². The Balaban J connectivity index is 2.15. The van der Waals surface area contributed by atoms with Crippen molar-refractivity contribution >= 4 is 17.7 Å². The summed E-state index contributed by atoms with van der Waals surface area (Å²) in [4.78, 5) is 12.1. The summed E-state index contributed by atoms with van der Waals surface area (Å²) in [6.45, 7) is 1.99. The molecule has 0 spiro atoms. The number of amides is 1. The molecule has 0 saturated heterocycles. The topological polar surface area (TPSA) is 56.8 Å². The molecule has 0 fully saturated rings. The number of hydrogen-bond donors (Lipinski definition) is 1. The van der Waals surface area contributed by atoms with Gasteiger partial charge in [-0.2, -0.15) is 0 Å². The second kappa shape index (κ2) is 8.06. The van der Waals surface area contributed by atoms with E-state index in [0.29, 0.717) is 22.9 Å². The van der Waals surface area contributed by atoms with E-state index in [2.05, 4.69) is 5.32 Å². The van der Waals surface area contributed by atoms with Crippen LogP contribution < -0.4 is 19.5 Å². The molecule has 2 aromatic rings. The van der Waals surface area contributed by atoms with E-state index in [0.717, 1.165) is 11.1 Å². The van der Waals surface area contributed by atoms with Gasteiger partial charge in [0.25, 0.3) is 0 Å². The van der Waals surface area contributed by atoms with Gasteiger partial charge in [-0.3, -0.25) is 4.79 Å². The maximum absolute atomic E-state index is 12.1. The van der Waals surface area contributed by atoms with E-state index in [1.54, 1.807) is 45.6 Å². The van der Waals surface area contributed by atoms with Crippen molar-refractivity contribution in [2.45, 2.75) is 6.92 Å². The van der Waals surface area contributed by atoms with Gasteiger partial charge in [0.15, 0.2) is 0 Å². The van der Waals surface area contributed by atoms with Crippen molar-refractivity contribution in [1.29, 1.82) is 0 Å². The summed E-state index contributed by atoms with van der Waals surface area (Å²) in [5, 5.41) is 2.79. The molecule has 5 heteroatoms. The predicted molar refractivity (Wildman–Crippen MR) is 94.9 cm³/mol. The monoisotopic (exact) mass is 327 g/mol. The van der Waals surface area contributed by atoms with Crippen LogP contribution in [0.2, 0.25) is 0 Å². The number of carbonyl (C=O) groups excluding carboxylic acids is 1. The number of hydrogen-bond acceptors (Lipinski definition) is 4. The highest BCUT2D eigenvalue weighted by Crippen LogP contribution is 2.26. The van der Waals surface area contributed by atoms with Crippen LogP contribution in [0.4, 0.5) is 5.69 Å². The fraction of sp³-hybridized carbons (Fsp3) is 0.211. The van der Waals surface area contributed by atoms with E-state index in [-0.39, 0.29) is 5.91 Å². The number of rotatable bonds is 6. The zero-order valence-electron chi connectivity index (χ0n) is 14.3. The van der Waals surface area contributed by atoms with Crippen LogP contribution in [-0.4, -0.2) is 27.2 Å². The highest BCUT2D eigenvalue weighted by atomic mass is 16.5. The summed E-state index contributed by atoms with van der Waals surface area (Å²) in [7, 11) is 4.72. The van der Waals surface area contributed by atoms with E-state index in [9.17, 15) is 4.79 Å². The summed E-state index contributed by atoms with van der Waals surface area (Å²) in [5.74, 6) is 1.67. The normalized spacial score (nSPS) is 10.5. The van der Waals surface area contributed by atoms with Gasteiger partial charge in [-0.1, -0.05) is 11.6 Å². The minimum absolute atomic E-state index is 0.256. The smallest absolute Gasteiger partial charge is 0.248 e. The average molecular weight is 327 g/mol. The average Bonchev–Trinajstić information content (AvgIpc) is 2.59. The van der Waals surface area contributed by atoms with Gasteiger partial charge in [-0.15, -0.1) is 0 Å². The van der Waals surface area contributed by atoms with Crippen molar-refractivity contribution in [1.82, 2.24) is 0 Å². The quantitative estimate of drug-likeness (QED) is 0.823. The Morgan fingerprint density at radius 1 is 0.958 bits per heavy atom. The molecule has 0 radical (unpaired) electrons. The van der Waals surface area contributed by atoms with Crippen LogP contribution in [0.15, 0.2) is 42.5 Å². The molecular formula is C19H21NO4. The number of nitrogens with one attached hydrogen (secondary N) is 1. The third kappa shape index (κ3) is 4.52. The van der Waals surface area contributed by atoms with Gasteiger partial charge in [0, 0.05) is 35.5 Å². The van der Waals surface area contributed by atoms with Gasteiger partial charge < -0.3 is 19.5 Å². The lowest BCUT2D eigenvalue weighted by molar-refractivity contribution is -0.111. The van der Waals surface area contributed by atoms with E-state index in [1.165, 1.54) is 6.08 Å². The second-order valence-corrected chi connectivity index (χ2v) is 5.17. The molecule has 2 aromatic carbocycles. The summed E-state index contributed by atoms with van der Waals surface area (Å²) < 4.78 is 15.7. The molecular weight excluding hydrogens is 306 g/mol. The molecule has 0 heterocycles. The van der Waals surface area contributed by atoms with Gasteiger partial charge in [-0.05, 0) is 25.1 Å². The Morgan fingerprint density at radius 3 is 2.21 bits per heavy atom. The first-order chi connectivity index (χ1) is 11.5. The van der Waals surface area contributed by atoms with Crippen molar-refractivity contribution in [3.05, 3.63) is 53.6 Å². The molecule has 0 atom stereocenters. The zero-order chi connectivity index (χ0) is 17.5. The fourth-order valence-corrected chi connectivity index (χ4v) is 2.21. The first-order valence-corrected chi connectivity index (χ1v) is 7.42. The molecule has 24 heavy (non-hydrogen) atoms. The number of benzene rings is 2. The van der Waals surface area contributed by atoms with Crippen molar-refractivity contribution in [3.8, 4) is 17.2 Å². The lowest BCUT2D eigenvalue weighted by Gasteiger charge is -2.09. The number of ether oxygens (including phenoxy) is 3. The lowest BCUT2D eigenvalue weighted by Crippen LogP contribution is -2.08. The van der Waals surface area contributed by atoms with Gasteiger partial charge in [0.05, 0.1) is 21.3 Å². The van der Waals surface area contributed by atoms with Crippen molar-refractivity contribution < 1.29 is 19.0 Å². The molecule has 1 amide bonds. The number of anilines is 1. The van der Waals surface area contributed by atoms with Gasteiger partial charge in [-0.25, -0.2) is 0 Å². The molecule has 0 aliphatic heterocycles. The molecule has 126 valence electrons. The summed E-state index contributed by atoms with van der Waals surface area (Å²) >= 11 is 0. The Hall–Kier alpha value is -2.95. The van der Waals surface area contributed by atoms with Crippen molar-refractivity contribution in [2.75, 3.05) is 26.6 Å². The van der Waals surface area contributed by atoms with Crippen molar-refractivity contribution in [2.24, 2.45) is 0 Å². The molecule has 0 saturated carbocycles. The maximum atomic E-state index is 12.1. The fourth-order valence-electron chi connectivity index (χ4n) is 2.21. The Labute approximate surface area is 141 Å². The zero-order valence-corrected chi connectivity index (χ0v) is 14.3. The third-order valence-corrected chi connectivity index (χ3v) is 3.42. The van der Waals surface area contributed by atoms with Gasteiger partial charge >= 0.3 is 0 Å². The minimum Gasteiger partial charge on any atom is -0.497 e. The van der Waals surface area contributed by atoms with E-state index >= 15 is 0 Å². The number of carbonyl (C=O) groups is 1. The predicted octanol–water partition coefficient (Wildman–Crippen LogP) is 3.67. The molecule has 2 rings (SSSR count). The molecule has 0 unspecified atom stereocenters. The highest BCUT2D eigenvalue weighted by Gasteiger charge is 2.05. The molecule has 0 aliphatic carbocycles. The minimum atomic E-state index is -0.256. The molecule has 1 N–H and O–H groups in total. The van der Waals surface area contributed by atoms with Crippen LogP contribution in [-0.2, 0) is 4.79 Å². The van der Waals surface area contributed by atoms with Crippen LogP contribution in [0.3, 0.4) is 0 Å². The van der Waals surface area contributed by atoms with Gasteiger partial charge in [0.1, 0.15) is 17.2 Å². The summed E-state index contributed by atoms with van der Waals surface area (Å²) in [6, 6.07) is 11.0. The molecule has 0 aromatic heterocycles. The Bertz CT molecular complexity index is 731. The summed E-state index contributed by atoms with van der Waals surface area (Å²) in [6.07, 6.45) is 3.18. The molecule has 5 nitrogen and oxygen atoms in total. The van der Waals surface area contributed by atoms with Crippen LogP contribution in [0.5, 0.6) is 17.2 Å².